The van der Waals surface area contributed by atoms with Gasteiger partial charge in [-0.1, -0.05) is 11.6 Å². The summed E-state index contributed by atoms with van der Waals surface area (Å²) in [7, 11) is 0. The number of phenols is 1. The minimum Gasteiger partial charge on any atom is -0.507 e. The molecule has 108 valence electrons. The van der Waals surface area contributed by atoms with Crippen LogP contribution in [0.1, 0.15) is 30.1 Å². The fraction of sp³-hybridized carbons (Fsp3) is 0.429. The summed E-state index contributed by atoms with van der Waals surface area (Å²) in [6, 6.07) is 4.34. The van der Waals surface area contributed by atoms with Crippen molar-refractivity contribution in [2.45, 2.75) is 25.8 Å². The fourth-order valence-electron chi connectivity index (χ4n) is 1.94. The third kappa shape index (κ3) is 3.42. The van der Waals surface area contributed by atoms with Crippen molar-refractivity contribution in [1.29, 1.82) is 0 Å². The van der Waals surface area contributed by atoms with Crippen LogP contribution in [0, 0.1) is 0 Å². The number of carbonyl (C=O) groups excluding carboxylic acids is 2. The highest BCUT2D eigenvalue weighted by Gasteiger charge is 2.35. The van der Waals surface area contributed by atoms with Crippen molar-refractivity contribution >= 4 is 23.5 Å². The first-order valence-electron chi connectivity index (χ1n) is 6.48. The Morgan fingerprint density at radius 3 is 2.70 bits per heavy atom. The molecule has 1 amide bonds. The Hall–Kier alpha value is -1.75. The first-order chi connectivity index (χ1) is 9.52. The number of esters is 1. The van der Waals surface area contributed by atoms with Crippen molar-refractivity contribution in [2.24, 2.45) is 0 Å². The van der Waals surface area contributed by atoms with Gasteiger partial charge in [0.15, 0.2) is 0 Å². The van der Waals surface area contributed by atoms with Gasteiger partial charge in [-0.3, -0.25) is 9.59 Å². The van der Waals surface area contributed by atoms with Crippen LogP contribution in [0.5, 0.6) is 5.75 Å². The maximum atomic E-state index is 12.4. The molecule has 1 fully saturated rings. The molecule has 0 radical (unpaired) electrons. The normalized spacial score (nSPS) is 13.9. The molecule has 5 nitrogen and oxygen atoms in total. The van der Waals surface area contributed by atoms with Crippen molar-refractivity contribution < 1.29 is 19.4 Å². The zero-order valence-electron chi connectivity index (χ0n) is 11.1. The molecule has 1 aliphatic rings. The maximum absolute atomic E-state index is 12.4. The third-order valence-electron chi connectivity index (χ3n) is 3.04. The second-order valence-corrected chi connectivity index (χ2v) is 5.07. The zero-order valence-corrected chi connectivity index (χ0v) is 11.9. The number of benzene rings is 1. The zero-order chi connectivity index (χ0) is 14.7. The molecule has 0 aromatic heterocycles. The lowest BCUT2D eigenvalue weighted by molar-refractivity contribution is -0.144. The van der Waals surface area contributed by atoms with Gasteiger partial charge in [-0.05, 0) is 38.0 Å². The largest absolute Gasteiger partial charge is 0.507 e. The highest BCUT2D eigenvalue weighted by Crippen LogP contribution is 2.30. The molecule has 1 aromatic carbocycles. The molecule has 0 aliphatic heterocycles. The second kappa shape index (κ2) is 6.13. The molecule has 1 N–H and O–H groups in total. The topological polar surface area (TPSA) is 66.8 Å². The van der Waals surface area contributed by atoms with Gasteiger partial charge in [0.25, 0.3) is 5.91 Å². The second-order valence-electron chi connectivity index (χ2n) is 4.63. The summed E-state index contributed by atoms with van der Waals surface area (Å²) in [5, 5.41) is 10.2. The van der Waals surface area contributed by atoms with Crippen molar-refractivity contribution in [3.8, 4) is 5.75 Å². The quantitative estimate of drug-likeness (QED) is 0.846. The average Bonchev–Trinajstić information content (AvgIpc) is 3.20. The van der Waals surface area contributed by atoms with Crippen molar-refractivity contribution in [2.75, 3.05) is 13.2 Å². The first kappa shape index (κ1) is 14.7. The number of amides is 1. The number of hydrogen-bond acceptors (Lipinski definition) is 4. The third-order valence-corrected chi connectivity index (χ3v) is 3.28. The number of aromatic hydroxyl groups is 1. The molecule has 1 saturated carbocycles. The van der Waals surface area contributed by atoms with E-state index in [9.17, 15) is 14.7 Å². The molecular formula is C14H16ClNO4. The lowest BCUT2D eigenvalue weighted by Crippen LogP contribution is -2.38. The van der Waals surface area contributed by atoms with E-state index < -0.39 is 5.97 Å². The van der Waals surface area contributed by atoms with E-state index in [0.717, 1.165) is 12.8 Å². The molecule has 0 saturated heterocycles. The van der Waals surface area contributed by atoms with E-state index in [1.807, 2.05) is 0 Å². The van der Waals surface area contributed by atoms with Gasteiger partial charge in [0.1, 0.15) is 12.3 Å². The summed E-state index contributed by atoms with van der Waals surface area (Å²) < 4.78 is 4.87. The van der Waals surface area contributed by atoms with Crippen molar-refractivity contribution in [3.05, 3.63) is 28.8 Å². The first-order valence-corrected chi connectivity index (χ1v) is 6.85. The van der Waals surface area contributed by atoms with Gasteiger partial charge < -0.3 is 14.7 Å². The highest BCUT2D eigenvalue weighted by molar-refractivity contribution is 6.30. The van der Waals surface area contributed by atoms with Gasteiger partial charge in [-0.2, -0.15) is 0 Å². The van der Waals surface area contributed by atoms with Crippen molar-refractivity contribution in [1.82, 2.24) is 4.90 Å². The predicted octanol–water partition coefficient (Wildman–Crippen LogP) is 2.21. The molecule has 0 unspecified atom stereocenters. The van der Waals surface area contributed by atoms with E-state index in [2.05, 4.69) is 0 Å². The summed E-state index contributed by atoms with van der Waals surface area (Å²) in [5.41, 5.74) is 0.144. The monoisotopic (exact) mass is 297 g/mol. The Kier molecular flexibility index (Phi) is 4.49. The van der Waals surface area contributed by atoms with E-state index in [1.165, 1.54) is 23.1 Å². The standard InChI is InChI=1S/C14H16ClNO4/c1-2-20-13(18)8-16(10-4-5-10)14(19)11-6-3-9(15)7-12(11)17/h3,6-7,10,17H,2,4-5,8H2,1H3. The van der Waals surface area contributed by atoms with Crippen LogP contribution in [0.4, 0.5) is 0 Å². The molecule has 0 atom stereocenters. The number of halogens is 1. The van der Waals surface area contributed by atoms with E-state index in [1.54, 1.807) is 6.92 Å². The molecule has 0 bridgehead atoms. The summed E-state index contributed by atoms with van der Waals surface area (Å²) in [5.74, 6) is -1.01. The van der Waals surface area contributed by atoms with Crippen LogP contribution in [0.2, 0.25) is 5.02 Å². The van der Waals surface area contributed by atoms with Gasteiger partial charge in [0, 0.05) is 11.1 Å². The number of ether oxygens (including phenoxy) is 1. The van der Waals surface area contributed by atoms with Crippen LogP contribution in [0.15, 0.2) is 18.2 Å². The average molecular weight is 298 g/mol. The van der Waals surface area contributed by atoms with E-state index in [-0.39, 0.29) is 36.4 Å². The highest BCUT2D eigenvalue weighted by atomic mass is 35.5. The number of hydrogen-bond donors (Lipinski definition) is 1. The number of nitrogens with zero attached hydrogens (tertiary/aromatic N) is 1. The van der Waals surface area contributed by atoms with Crippen LogP contribution in [-0.4, -0.2) is 41.1 Å². The maximum Gasteiger partial charge on any atom is 0.325 e. The molecule has 2 rings (SSSR count). The summed E-state index contributed by atoms with van der Waals surface area (Å²) in [4.78, 5) is 25.4. The summed E-state index contributed by atoms with van der Waals surface area (Å²) in [6.07, 6.45) is 1.72. The Morgan fingerprint density at radius 2 is 2.15 bits per heavy atom. The lowest BCUT2D eigenvalue weighted by atomic mass is 10.1. The Labute approximate surface area is 122 Å². The van der Waals surface area contributed by atoms with Gasteiger partial charge in [-0.15, -0.1) is 0 Å². The van der Waals surface area contributed by atoms with Crippen LogP contribution in [0.25, 0.3) is 0 Å². The van der Waals surface area contributed by atoms with E-state index in [0.29, 0.717) is 5.02 Å². The predicted molar refractivity (Wildman–Crippen MR) is 73.8 cm³/mol. The minimum absolute atomic E-state index is 0.0435. The Balaban J connectivity index is 2.16. The lowest BCUT2D eigenvalue weighted by Gasteiger charge is -2.21. The molecule has 1 aliphatic carbocycles. The summed E-state index contributed by atoms with van der Waals surface area (Å²) >= 11 is 5.74. The Bertz CT molecular complexity index is 528. The minimum atomic E-state index is -0.443. The molecule has 6 heteroatoms. The number of carbonyl (C=O) groups is 2. The molecule has 0 heterocycles. The van der Waals surface area contributed by atoms with E-state index >= 15 is 0 Å². The van der Waals surface area contributed by atoms with Gasteiger partial charge in [0.05, 0.1) is 12.2 Å². The molecular weight excluding hydrogens is 282 g/mol. The van der Waals surface area contributed by atoms with Crippen LogP contribution in [0.3, 0.4) is 0 Å². The number of rotatable bonds is 5. The van der Waals surface area contributed by atoms with Gasteiger partial charge in [0.2, 0.25) is 0 Å². The van der Waals surface area contributed by atoms with Crippen LogP contribution >= 0.6 is 11.6 Å². The van der Waals surface area contributed by atoms with Crippen LogP contribution < -0.4 is 0 Å². The van der Waals surface area contributed by atoms with Crippen LogP contribution in [-0.2, 0) is 9.53 Å². The number of phenolic OH excluding ortho intramolecular Hbond substituents is 1. The molecule has 0 spiro atoms. The van der Waals surface area contributed by atoms with E-state index in [4.69, 9.17) is 16.3 Å². The van der Waals surface area contributed by atoms with Gasteiger partial charge in [-0.25, -0.2) is 0 Å². The fourth-order valence-corrected chi connectivity index (χ4v) is 2.11. The van der Waals surface area contributed by atoms with Gasteiger partial charge >= 0.3 is 5.97 Å². The summed E-state index contributed by atoms with van der Waals surface area (Å²) in [6.45, 7) is 1.89. The molecule has 1 aromatic rings. The Morgan fingerprint density at radius 1 is 1.45 bits per heavy atom. The molecule has 20 heavy (non-hydrogen) atoms. The SMILES string of the molecule is CCOC(=O)CN(C(=O)c1ccc(Cl)cc1O)C1CC1. The van der Waals surface area contributed by atoms with Crippen molar-refractivity contribution in [3.63, 3.8) is 0 Å². The smallest absolute Gasteiger partial charge is 0.325 e.